The molecule has 1 atom stereocenters. The van der Waals surface area contributed by atoms with Crippen molar-refractivity contribution in [1.29, 1.82) is 0 Å². The van der Waals surface area contributed by atoms with Crippen molar-refractivity contribution in [3.05, 3.63) is 57.8 Å². The molecule has 6 heteroatoms. The number of hydrogen-bond acceptors (Lipinski definition) is 4. The Kier molecular flexibility index (Phi) is 5.20. The number of pyridine rings is 1. The van der Waals surface area contributed by atoms with Gasteiger partial charge in [-0.3, -0.25) is 10.8 Å². The summed E-state index contributed by atoms with van der Waals surface area (Å²) >= 11 is 12.0. The number of ether oxygens (including phenoxy) is 1. The summed E-state index contributed by atoms with van der Waals surface area (Å²) in [7, 11) is 0. The van der Waals surface area contributed by atoms with Crippen LogP contribution >= 0.6 is 23.2 Å². The zero-order valence-electron chi connectivity index (χ0n) is 10.9. The molecule has 1 aromatic heterocycles. The molecular weight excluding hydrogens is 297 g/mol. The van der Waals surface area contributed by atoms with E-state index in [-0.39, 0.29) is 6.04 Å². The highest BCUT2D eigenvalue weighted by molar-refractivity contribution is 6.34. The number of nitrogens with zero attached hydrogens (tertiary/aromatic N) is 1. The predicted molar refractivity (Wildman–Crippen MR) is 81.0 cm³/mol. The van der Waals surface area contributed by atoms with Crippen LogP contribution in [0.5, 0.6) is 5.75 Å². The molecule has 0 radical (unpaired) electrons. The molecule has 0 fully saturated rings. The number of halogens is 2. The van der Waals surface area contributed by atoms with Gasteiger partial charge < -0.3 is 4.74 Å². The fourth-order valence-corrected chi connectivity index (χ4v) is 2.38. The van der Waals surface area contributed by atoms with Gasteiger partial charge in [-0.1, -0.05) is 35.3 Å². The largest absolute Gasteiger partial charge is 0.494 e. The first kappa shape index (κ1) is 15.1. The van der Waals surface area contributed by atoms with E-state index in [9.17, 15) is 0 Å². The molecule has 1 aromatic carbocycles. The van der Waals surface area contributed by atoms with Crippen molar-refractivity contribution in [2.75, 3.05) is 6.61 Å². The standard InChI is InChI=1S/C14H15Cl2N3O/c1-2-20-11-5-3-9(4-6-11)13(19-17)14-12(16)7-10(15)8-18-14/h3-8,13,19H,2,17H2,1H3. The summed E-state index contributed by atoms with van der Waals surface area (Å²) in [5.41, 5.74) is 4.28. The van der Waals surface area contributed by atoms with Crippen molar-refractivity contribution in [2.24, 2.45) is 5.84 Å². The van der Waals surface area contributed by atoms with Gasteiger partial charge in [-0.2, -0.15) is 0 Å². The summed E-state index contributed by atoms with van der Waals surface area (Å²) in [6, 6.07) is 8.93. The van der Waals surface area contributed by atoms with E-state index in [2.05, 4.69) is 10.4 Å². The number of benzene rings is 1. The topological polar surface area (TPSA) is 60.2 Å². The van der Waals surface area contributed by atoms with E-state index < -0.39 is 0 Å². The Morgan fingerprint density at radius 3 is 2.55 bits per heavy atom. The lowest BCUT2D eigenvalue weighted by atomic mass is 10.0. The molecule has 0 saturated heterocycles. The first-order valence-corrected chi connectivity index (χ1v) is 6.91. The maximum absolute atomic E-state index is 6.17. The molecular formula is C14H15Cl2N3O. The monoisotopic (exact) mass is 311 g/mol. The van der Waals surface area contributed by atoms with Crippen molar-refractivity contribution in [3.63, 3.8) is 0 Å². The van der Waals surface area contributed by atoms with Gasteiger partial charge in [0.2, 0.25) is 0 Å². The fourth-order valence-electron chi connectivity index (χ4n) is 1.89. The summed E-state index contributed by atoms with van der Waals surface area (Å²) < 4.78 is 5.41. The molecule has 2 aromatic rings. The lowest BCUT2D eigenvalue weighted by molar-refractivity contribution is 0.340. The molecule has 2 rings (SSSR count). The van der Waals surface area contributed by atoms with Gasteiger partial charge in [-0.25, -0.2) is 5.43 Å². The van der Waals surface area contributed by atoms with Crippen LogP contribution in [0.4, 0.5) is 0 Å². The minimum atomic E-state index is -0.310. The Labute approximate surface area is 127 Å². The predicted octanol–water partition coefficient (Wildman–Crippen LogP) is 3.34. The fraction of sp³-hybridized carbons (Fsp3) is 0.214. The third-order valence-electron chi connectivity index (χ3n) is 2.80. The van der Waals surface area contributed by atoms with Crippen LogP contribution in [0.25, 0.3) is 0 Å². The van der Waals surface area contributed by atoms with Gasteiger partial charge >= 0.3 is 0 Å². The van der Waals surface area contributed by atoms with E-state index in [0.717, 1.165) is 11.3 Å². The van der Waals surface area contributed by atoms with Crippen LogP contribution in [0.1, 0.15) is 24.2 Å². The minimum Gasteiger partial charge on any atom is -0.494 e. The lowest BCUT2D eigenvalue weighted by Crippen LogP contribution is -2.29. The zero-order chi connectivity index (χ0) is 14.5. The molecule has 0 saturated carbocycles. The minimum absolute atomic E-state index is 0.310. The average molecular weight is 312 g/mol. The Balaban J connectivity index is 2.31. The van der Waals surface area contributed by atoms with Gasteiger partial charge in [0.05, 0.1) is 28.4 Å². The lowest BCUT2D eigenvalue weighted by Gasteiger charge is -2.17. The molecule has 3 N–H and O–H groups in total. The van der Waals surface area contributed by atoms with E-state index in [1.165, 1.54) is 0 Å². The molecule has 0 spiro atoms. The number of nitrogens with two attached hydrogens (primary N) is 1. The molecule has 0 bridgehead atoms. The summed E-state index contributed by atoms with van der Waals surface area (Å²) in [6.07, 6.45) is 1.54. The van der Waals surface area contributed by atoms with Crippen LogP contribution in [0.3, 0.4) is 0 Å². The smallest absolute Gasteiger partial charge is 0.119 e. The van der Waals surface area contributed by atoms with E-state index in [1.807, 2.05) is 31.2 Å². The number of rotatable bonds is 5. The molecule has 0 aliphatic carbocycles. The zero-order valence-corrected chi connectivity index (χ0v) is 12.4. The number of hydrogen-bond donors (Lipinski definition) is 2. The molecule has 0 aliphatic rings. The molecule has 4 nitrogen and oxygen atoms in total. The third-order valence-corrected chi connectivity index (χ3v) is 3.31. The van der Waals surface area contributed by atoms with Gasteiger partial charge in [0.1, 0.15) is 5.75 Å². The van der Waals surface area contributed by atoms with Gasteiger partial charge in [0.25, 0.3) is 0 Å². The van der Waals surface area contributed by atoms with Crippen molar-refractivity contribution in [1.82, 2.24) is 10.4 Å². The van der Waals surface area contributed by atoms with E-state index in [4.69, 9.17) is 33.8 Å². The molecule has 106 valence electrons. The maximum atomic E-state index is 6.17. The molecule has 1 heterocycles. The summed E-state index contributed by atoms with van der Waals surface area (Å²) in [5.74, 6) is 6.44. The first-order valence-electron chi connectivity index (χ1n) is 6.15. The van der Waals surface area contributed by atoms with Crippen LogP contribution in [-0.2, 0) is 0 Å². The SMILES string of the molecule is CCOc1ccc(C(NN)c2ncc(Cl)cc2Cl)cc1. The number of hydrazine groups is 1. The van der Waals surface area contributed by atoms with Crippen molar-refractivity contribution in [3.8, 4) is 5.75 Å². The quantitative estimate of drug-likeness (QED) is 0.657. The average Bonchev–Trinajstić information content (AvgIpc) is 2.44. The van der Waals surface area contributed by atoms with Crippen LogP contribution < -0.4 is 16.0 Å². The van der Waals surface area contributed by atoms with Crippen LogP contribution in [0.2, 0.25) is 10.0 Å². The summed E-state index contributed by atoms with van der Waals surface area (Å²) in [5, 5.41) is 0.954. The highest BCUT2D eigenvalue weighted by atomic mass is 35.5. The molecule has 20 heavy (non-hydrogen) atoms. The second-order valence-electron chi connectivity index (χ2n) is 4.12. The highest BCUT2D eigenvalue weighted by Gasteiger charge is 2.17. The first-order chi connectivity index (χ1) is 9.65. The molecule has 0 aliphatic heterocycles. The second-order valence-corrected chi connectivity index (χ2v) is 4.97. The number of nitrogens with one attached hydrogen (secondary N) is 1. The summed E-state index contributed by atoms with van der Waals surface area (Å²) in [6.45, 7) is 2.57. The van der Waals surface area contributed by atoms with Crippen LogP contribution in [-0.4, -0.2) is 11.6 Å². The van der Waals surface area contributed by atoms with Crippen LogP contribution in [0.15, 0.2) is 36.5 Å². The van der Waals surface area contributed by atoms with Gasteiger partial charge in [0, 0.05) is 6.20 Å². The van der Waals surface area contributed by atoms with Gasteiger partial charge in [0.15, 0.2) is 0 Å². The summed E-state index contributed by atoms with van der Waals surface area (Å²) in [4.78, 5) is 4.25. The van der Waals surface area contributed by atoms with Crippen molar-refractivity contribution < 1.29 is 4.74 Å². The van der Waals surface area contributed by atoms with Crippen molar-refractivity contribution in [2.45, 2.75) is 13.0 Å². The molecule has 1 unspecified atom stereocenters. The Bertz CT molecular complexity index is 575. The third kappa shape index (κ3) is 3.41. The normalized spacial score (nSPS) is 12.2. The number of aromatic nitrogens is 1. The van der Waals surface area contributed by atoms with Gasteiger partial charge in [-0.05, 0) is 30.7 Å². The molecule has 0 amide bonds. The van der Waals surface area contributed by atoms with E-state index in [0.29, 0.717) is 22.3 Å². The second kappa shape index (κ2) is 6.90. The van der Waals surface area contributed by atoms with Crippen LogP contribution in [0, 0.1) is 0 Å². The maximum Gasteiger partial charge on any atom is 0.119 e. The Morgan fingerprint density at radius 2 is 2.00 bits per heavy atom. The van der Waals surface area contributed by atoms with E-state index in [1.54, 1.807) is 12.3 Å². The van der Waals surface area contributed by atoms with Crippen molar-refractivity contribution >= 4 is 23.2 Å². The van der Waals surface area contributed by atoms with Gasteiger partial charge in [-0.15, -0.1) is 0 Å². The Morgan fingerprint density at radius 1 is 1.30 bits per heavy atom. The van der Waals surface area contributed by atoms with E-state index >= 15 is 0 Å². The highest BCUT2D eigenvalue weighted by Crippen LogP contribution is 2.28. The Hall–Kier alpha value is -1.33.